The average molecular weight is 242 g/mol. The van der Waals surface area contributed by atoms with Crippen LogP contribution in [0.3, 0.4) is 0 Å². The molecule has 0 fully saturated rings. The molecule has 0 bridgehead atoms. The maximum atomic E-state index is 5.73. The maximum Gasteiger partial charge on any atom is 0.262 e. The van der Waals surface area contributed by atoms with E-state index in [-0.39, 0.29) is 5.28 Å². The molecular formula is C9H8ClN3OS. The molecule has 2 aromatic heterocycles. The van der Waals surface area contributed by atoms with Gasteiger partial charge in [0.2, 0.25) is 5.28 Å². The Morgan fingerprint density at radius 1 is 1.20 bits per heavy atom. The fourth-order valence-electron chi connectivity index (χ4n) is 1.03. The molecule has 78 valence electrons. The van der Waals surface area contributed by atoms with E-state index in [1.165, 1.54) is 11.8 Å². The molecule has 2 aromatic rings. The summed E-state index contributed by atoms with van der Waals surface area (Å²) in [5.74, 6) is 0. The van der Waals surface area contributed by atoms with Crippen molar-refractivity contribution in [3.63, 3.8) is 0 Å². The minimum Gasteiger partial charge on any atom is -0.439 e. The number of nitrogens with zero attached hydrogens (tertiary/aromatic N) is 3. The quantitative estimate of drug-likeness (QED) is 0.598. The number of rotatable bonds is 2. The van der Waals surface area contributed by atoms with Crippen molar-refractivity contribution in [1.29, 1.82) is 0 Å². The Hall–Kier alpha value is -1.07. The van der Waals surface area contributed by atoms with Crippen molar-refractivity contribution >= 4 is 23.4 Å². The topological polar surface area (TPSA) is 51.8 Å². The third-order valence-electron chi connectivity index (χ3n) is 1.59. The van der Waals surface area contributed by atoms with E-state index < -0.39 is 0 Å². The third kappa shape index (κ3) is 2.70. The van der Waals surface area contributed by atoms with Gasteiger partial charge in [-0.05, 0) is 43.3 Å². The molecular weight excluding hydrogens is 234 g/mol. The Labute approximate surface area is 96.1 Å². The number of oxazole rings is 1. The Balaban J connectivity index is 2.24. The van der Waals surface area contributed by atoms with Crippen LogP contribution in [0.25, 0.3) is 0 Å². The van der Waals surface area contributed by atoms with Gasteiger partial charge in [-0.25, -0.2) is 15.0 Å². The van der Waals surface area contributed by atoms with E-state index in [0.29, 0.717) is 5.22 Å². The van der Waals surface area contributed by atoms with Crippen molar-refractivity contribution in [2.24, 2.45) is 0 Å². The van der Waals surface area contributed by atoms with E-state index in [9.17, 15) is 0 Å². The molecule has 15 heavy (non-hydrogen) atoms. The summed E-state index contributed by atoms with van der Waals surface area (Å²) >= 11 is 7.06. The Morgan fingerprint density at radius 3 is 2.60 bits per heavy atom. The average Bonchev–Trinajstić information content (AvgIpc) is 2.49. The summed E-state index contributed by atoms with van der Waals surface area (Å²) in [6.45, 7) is 3.73. The Bertz CT molecular complexity index is 466. The van der Waals surface area contributed by atoms with Crippen LogP contribution in [-0.2, 0) is 0 Å². The molecule has 2 rings (SSSR count). The Morgan fingerprint density at radius 2 is 2.00 bits per heavy atom. The zero-order chi connectivity index (χ0) is 10.8. The second-order valence-electron chi connectivity index (χ2n) is 2.97. The van der Waals surface area contributed by atoms with Crippen molar-refractivity contribution in [3.8, 4) is 0 Å². The first-order valence-corrected chi connectivity index (χ1v) is 5.44. The van der Waals surface area contributed by atoms with Gasteiger partial charge in [-0.1, -0.05) is 0 Å². The van der Waals surface area contributed by atoms with Gasteiger partial charge in [-0.3, -0.25) is 0 Å². The molecule has 0 amide bonds. The number of halogens is 1. The van der Waals surface area contributed by atoms with Crippen molar-refractivity contribution in [2.75, 3.05) is 0 Å². The Kier molecular flexibility index (Phi) is 2.93. The number of hydrogen-bond donors (Lipinski definition) is 0. The van der Waals surface area contributed by atoms with E-state index in [1.54, 1.807) is 6.26 Å². The second-order valence-corrected chi connectivity index (χ2v) is 4.28. The lowest BCUT2D eigenvalue weighted by atomic mass is 10.5. The molecule has 2 heterocycles. The lowest BCUT2D eigenvalue weighted by Crippen LogP contribution is -1.88. The second kappa shape index (κ2) is 4.20. The predicted molar refractivity (Wildman–Crippen MR) is 57.1 cm³/mol. The van der Waals surface area contributed by atoms with Crippen LogP contribution in [0.2, 0.25) is 5.28 Å². The van der Waals surface area contributed by atoms with Gasteiger partial charge in [0.15, 0.2) is 0 Å². The first kappa shape index (κ1) is 10.4. The molecule has 6 heteroatoms. The number of aryl methyl sites for hydroxylation is 2. The molecule has 0 unspecified atom stereocenters. The predicted octanol–water partition coefficient (Wildman–Crippen LogP) is 2.89. The first-order chi connectivity index (χ1) is 7.13. The third-order valence-corrected chi connectivity index (χ3v) is 2.54. The minimum atomic E-state index is 0.237. The van der Waals surface area contributed by atoms with E-state index in [0.717, 1.165) is 16.4 Å². The molecule has 0 spiro atoms. The molecule has 0 aliphatic rings. The fraction of sp³-hybridized carbons (Fsp3) is 0.222. The van der Waals surface area contributed by atoms with Crippen LogP contribution in [0.4, 0.5) is 0 Å². The van der Waals surface area contributed by atoms with Gasteiger partial charge < -0.3 is 4.42 Å². The minimum absolute atomic E-state index is 0.237. The summed E-state index contributed by atoms with van der Waals surface area (Å²) < 4.78 is 5.20. The zero-order valence-corrected chi connectivity index (χ0v) is 9.76. The van der Waals surface area contributed by atoms with Crippen LogP contribution in [0.15, 0.2) is 27.0 Å². The van der Waals surface area contributed by atoms with Crippen LogP contribution in [0, 0.1) is 13.8 Å². The highest BCUT2D eigenvalue weighted by molar-refractivity contribution is 7.99. The highest BCUT2D eigenvalue weighted by atomic mass is 35.5. The molecule has 0 aliphatic heterocycles. The summed E-state index contributed by atoms with van der Waals surface area (Å²) in [6, 6.07) is 1.83. The molecule has 0 aromatic carbocycles. The summed E-state index contributed by atoms with van der Waals surface area (Å²) in [5, 5.41) is 1.52. The lowest BCUT2D eigenvalue weighted by molar-refractivity contribution is 0.453. The summed E-state index contributed by atoms with van der Waals surface area (Å²) in [7, 11) is 0. The van der Waals surface area contributed by atoms with Gasteiger partial charge in [0.25, 0.3) is 5.22 Å². The van der Waals surface area contributed by atoms with Gasteiger partial charge >= 0.3 is 0 Å². The zero-order valence-electron chi connectivity index (χ0n) is 8.19. The van der Waals surface area contributed by atoms with Gasteiger partial charge in [-0.2, -0.15) is 0 Å². The van der Waals surface area contributed by atoms with Crippen LogP contribution in [0.5, 0.6) is 0 Å². The normalized spacial score (nSPS) is 10.6. The van der Waals surface area contributed by atoms with E-state index >= 15 is 0 Å². The summed E-state index contributed by atoms with van der Waals surface area (Å²) in [4.78, 5) is 12.2. The molecule has 0 saturated heterocycles. The van der Waals surface area contributed by atoms with Gasteiger partial charge in [0, 0.05) is 5.69 Å². The molecule has 0 aliphatic carbocycles. The smallest absolute Gasteiger partial charge is 0.262 e. The summed E-state index contributed by atoms with van der Waals surface area (Å²) in [5.41, 5.74) is 1.66. The van der Waals surface area contributed by atoms with E-state index in [1.807, 2.05) is 19.9 Å². The molecule has 4 nitrogen and oxygen atoms in total. The van der Waals surface area contributed by atoms with Gasteiger partial charge in [0.1, 0.15) is 11.3 Å². The van der Waals surface area contributed by atoms with Crippen molar-refractivity contribution < 1.29 is 4.42 Å². The maximum absolute atomic E-state index is 5.73. The lowest BCUT2D eigenvalue weighted by Gasteiger charge is -1.98. The molecule has 0 atom stereocenters. The summed E-state index contributed by atoms with van der Waals surface area (Å²) in [6.07, 6.45) is 1.60. The van der Waals surface area contributed by atoms with Crippen LogP contribution in [0.1, 0.15) is 11.4 Å². The van der Waals surface area contributed by atoms with Crippen LogP contribution < -0.4 is 0 Å². The van der Waals surface area contributed by atoms with Gasteiger partial charge in [-0.15, -0.1) is 0 Å². The standard InChI is InChI=1S/C9H8ClN3OS/c1-5-3-7(13-8(10)11-5)15-9-12-6(2)4-14-9/h3-4H,1-2H3. The highest BCUT2D eigenvalue weighted by Gasteiger charge is 2.06. The SMILES string of the molecule is Cc1cc(Sc2nc(C)co2)nc(Cl)n1. The number of hydrogen-bond acceptors (Lipinski definition) is 5. The molecule has 0 N–H and O–H groups in total. The fourth-order valence-corrected chi connectivity index (χ4v) is 2.13. The van der Waals surface area contributed by atoms with Crippen LogP contribution in [-0.4, -0.2) is 15.0 Å². The van der Waals surface area contributed by atoms with Crippen LogP contribution >= 0.6 is 23.4 Å². The van der Waals surface area contributed by atoms with Gasteiger partial charge in [0.05, 0.1) is 5.69 Å². The number of aromatic nitrogens is 3. The highest BCUT2D eigenvalue weighted by Crippen LogP contribution is 2.26. The van der Waals surface area contributed by atoms with Crippen molar-refractivity contribution in [3.05, 3.63) is 29.0 Å². The van der Waals surface area contributed by atoms with E-state index in [2.05, 4.69) is 15.0 Å². The van der Waals surface area contributed by atoms with Crippen molar-refractivity contribution in [2.45, 2.75) is 24.1 Å². The monoisotopic (exact) mass is 241 g/mol. The molecule has 0 saturated carbocycles. The van der Waals surface area contributed by atoms with Crippen molar-refractivity contribution in [1.82, 2.24) is 15.0 Å². The largest absolute Gasteiger partial charge is 0.439 e. The van der Waals surface area contributed by atoms with E-state index in [4.69, 9.17) is 16.0 Å². The molecule has 0 radical (unpaired) electrons. The first-order valence-electron chi connectivity index (χ1n) is 4.24.